The first-order valence-corrected chi connectivity index (χ1v) is 7.95. The first-order valence-electron chi connectivity index (χ1n) is 7.95. The van der Waals surface area contributed by atoms with Crippen LogP contribution in [0, 0.1) is 17.8 Å². The molecule has 0 radical (unpaired) electrons. The molecule has 6 heteroatoms. The molecule has 1 aromatic heterocycles. The number of aromatic amines is 1. The number of fused-ring (bicyclic) bond motifs is 1. The van der Waals surface area contributed by atoms with Crippen LogP contribution >= 0.6 is 0 Å². The first kappa shape index (κ1) is 15.5. The fourth-order valence-electron chi connectivity index (χ4n) is 3.04. The number of nitrogens with zero attached hydrogens (tertiary/aromatic N) is 1. The number of carbonyl (C=O) groups excluding carboxylic acids is 1. The standard InChI is InChI=1S/C17H21N3O3/c1-9(2)14(15-18-12-5-3-4-6-13(12)19-15)20-16(21)10-7-8-11(10)17(22)23/h3-6,9-11,14H,7-8H2,1-2H3,(H,18,19)(H,20,21)(H,22,23). The van der Waals surface area contributed by atoms with Gasteiger partial charge in [-0.05, 0) is 30.9 Å². The normalized spacial score (nSPS) is 21.9. The van der Waals surface area contributed by atoms with Gasteiger partial charge in [-0.25, -0.2) is 4.98 Å². The Morgan fingerprint density at radius 2 is 1.96 bits per heavy atom. The molecule has 1 heterocycles. The fourth-order valence-corrected chi connectivity index (χ4v) is 3.04. The molecule has 3 unspecified atom stereocenters. The van der Waals surface area contributed by atoms with Crippen LogP contribution in [0.4, 0.5) is 0 Å². The SMILES string of the molecule is CC(C)C(NC(=O)C1CCC1C(=O)O)c1nc2ccccc2[nH]1. The van der Waals surface area contributed by atoms with E-state index in [1.807, 2.05) is 38.1 Å². The van der Waals surface area contributed by atoms with Gasteiger partial charge in [0.15, 0.2) is 0 Å². The van der Waals surface area contributed by atoms with Gasteiger partial charge >= 0.3 is 5.97 Å². The zero-order chi connectivity index (χ0) is 16.6. The zero-order valence-electron chi connectivity index (χ0n) is 13.2. The quantitative estimate of drug-likeness (QED) is 0.790. The summed E-state index contributed by atoms with van der Waals surface area (Å²) < 4.78 is 0. The van der Waals surface area contributed by atoms with Crippen LogP contribution in [0.25, 0.3) is 11.0 Å². The van der Waals surface area contributed by atoms with Crippen molar-refractivity contribution in [2.24, 2.45) is 17.8 Å². The Morgan fingerprint density at radius 1 is 1.26 bits per heavy atom. The van der Waals surface area contributed by atoms with E-state index in [1.165, 1.54) is 0 Å². The third-order valence-corrected chi connectivity index (χ3v) is 4.60. The second kappa shape index (κ2) is 6.02. The number of amides is 1. The van der Waals surface area contributed by atoms with Gasteiger partial charge in [-0.2, -0.15) is 0 Å². The number of carbonyl (C=O) groups is 2. The molecule has 0 spiro atoms. The van der Waals surface area contributed by atoms with E-state index in [2.05, 4.69) is 15.3 Å². The van der Waals surface area contributed by atoms with E-state index in [1.54, 1.807) is 0 Å². The summed E-state index contributed by atoms with van der Waals surface area (Å²) >= 11 is 0. The van der Waals surface area contributed by atoms with Gasteiger partial charge in [-0.3, -0.25) is 9.59 Å². The summed E-state index contributed by atoms with van der Waals surface area (Å²) in [7, 11) is 0. The van der Waals surface area contributed by atoms with Crippen molar-refractivity contribution in [3.8, 4) is 0 Å². The lowest BCUT2D eigenvalue weighted by Gasteiger charge is -2.33. The number of hydrogen-bond donors (Lipinski definition) is 3. The summed E-state index contributed by atoms with van der Waals surface area (Å²) in [5.41, 5.74) is 1.78. The summed E-state index contributed by atoms with van der Waals surface area (Å²) in [6.45, 7) is 4.02. The van der Waals surface area contributed by atoms with E-state index in [4.69, 9.17) is 5.11 Å². The lowest BCUT2D eigenvalue weighted by Crippen LogP contribution is -2.46. The first-order chi connectivity index (χ1) is 11.0. The largest absolute Gasteiger partial charge is 0.481 e. The molecule has 0 aliphatic heterocycles. The van der Waals surface area contributed by atoms with Crippen molar-refractivity contribution in [3.63, 3.8) is 0 Å². The maximum Gasteiger partial charge on any atom is 0.307 e. The number of hydrogen-bond acceptors (Lipinski definition) is 3. The Balaban J connectivity index is 1.79. The highest BCUT2D eigenvalue weighted by Gasteiger charge is 2.42. The Kier molecular flexibility index (Phi) is 4.07. The minimum atomic E-state index is -0.888. The maximum absolute atomic E-state index is 12.4. The van der Waals surface area contributed by atoms with Crippen molar-refractivity contribution < 1.29 is 14.7 Å². The minimum absolute atomic E-state index is 0.142. The van der Waals surface area contributed by atoms with Gasteiger partial charge in [0, 0.05) is 0 Å². The number of aromatic nitrogens is 2. The molecule has 1 aliphatic rings. The van der Waals surface area contributed by atoms with Crippen LogP contribution in [0.15, 0.2) is 24.3 Å². The van der Waals surface area contributed by atoms with E-state index in [-0.39, 0.29) is 17.9 Å². The Labute approximate surface area is 134 Å². The van der Waals surface area contributed by atoms with Gasteiger partial charge in [0.25, 0.3) is 0 Å². The molecule has 3 rings (SSSR count). The molecular formula is C17H21N3O3. The van der Waals surface area contributed by atoms with E-state index in [9.17, 15) is 9.59 Å². The molecule has 1 amide bonds. The van der Waals surface area contributed by atoms with Gasteiger partial charge in [-0.1, -0.05) is 26.0 Å². The smallest absolute Gasteiger partial charge is 0.307 e. The van der Waals surface area contributed by atoms with E-state index < -0.39 is 17.8 Å². The molecular weight excluding hydrogens is 294 g/mol. The molecule has 1 saturated carbocycles. The van der Waals surface area contributed by atoms with Gasteiger partial charge in [0.1, 0.15) is 5.82 Å². The fraction of sp³-hybridized carbons (Fsp3) is 0.471. The topological polar surface area (TPSA) is 95.1 Å². The number of para-hydroxylation sites is 2. The summed E-state index contributed by atoms with van der Waals surface area (Å²) in [4.78, 5) is 31.3. The third-order valence-electron chi connectivity index (χ3n) is 4.60. The van der Waals surface area contributed by atoms with E-state index >= 15 is 0 Å². The molecule has 23 heavy (non-hydrogen) atoms. The van der Waals surface area contributed by atoms with E-state index in [0.29, 0.717) is 18.7 Å². The molecule has 1 aliphatic carbocycles. The minimum Gasteiger partial charge on any atom is -0.481 e. The van der Waals surface area contributed by atoms with Crippen molar-refractivity contribution in [1.82, 2.24) is 15.3 Å². The Bertz CT molecular complexity index is 705. The molecule has 0 bridgehead atoms. The third kappa shape index (κ3) is 2.93. The number of benzene rings is 1. The number of H-pyrrole nitrogens is 1. The zero-order valence-corrected chi connectivity index (χ0v) is 13.2. The maximum atomic E-state index is 12.4. The van der Waals surface area contributed by atoms with Crippen molar-refractivity contribution in [2.45, 2.75) is 32.7 Å². The number of rotatable bonds is 5. The van der Waals surface area contributed by atoms with E-state index in [0.717, 1.165) is 11.0 Å². The molecule has 6 nitrogen and oxygen atoms in total. The van der Waals surface area contributed by atoms with Gasteiger partial charge in [0.2, 0.25) is 5.91 Å². The summed E-state index contributed by atoms with van der Waals surface area (Å²) in [5, 5.41) is 12.1. The summed E-state index contributed by atoms with van der Waals surface area (Å²) in [6, 6.07) is 7.45. The second-order valence-corrected chi connectivity index (χ2v) is 6.50. The number of imidazole rings is 1. The molecule has 3 atom stereocenters. The predicted octanol–water partition coefficient (Wildman–Crippen LogP) is 2.49. The number of aliphatic carboxylic acids is 1. The van der Waals surface area contributed by atoms with Crippen LogP contribution in [0.5, 0.6) is 0 Å². The Morgan fingerprint density at radius 3 is 2.52 bits per heavy atom. The van der Waals surface area contributed by atoms with Crippen LogP contribution in [-0.2, 0) is 9.59 Å². The second-order valence-electron chi connectivity index (χ2n) is 6.50. The van der Waals surface area contributed by atoms with Crippen LogP contribution < -0.4 is 5.32 Å². The van der Waals surface area contributed by atoms with Gasteiger partial charge in [0.05, 0.1) is 28.9 Å². The summed E-state index contributed by atoms with van der Waals surface area (Å²) in [6.07, 6.45) is 1.21. The average molecular weight is 315 g/mol. The number of nitrogens with one attached hydrogen (secondary N) is 2. The monoisotopic (exact) mass is 315 g/mol. The number of carboxylic acids is 1. The van der Waals surface area contributed by atoms with Crippen LogP contribution in [0.2, 0.25) is 0 Å². The molecule has 1 aromatic carbocycles. The molecule has 1 fully saturated rings. The lowest BCUT2D eigenvalue weighted by atomic mass is 9.73. The van der Waals surface area contributed by atoms with Crippen LogP contribution in [0.1, 0.15) is 38.6 Å². The highest BCUT2D eigenvalue weighted by Crippen LogP contribution is 2.35. The van der Waals surface area contributed by atoms with Crippen molar-refractivity contribution in [3.05, 3.63) is 30.1 Å². The van der Waals surface area contributed by atoms with Crippen molar-refractivity contribution >= 4 is 22.9 Å². The van der Waals surface area contributed by atoms with Gasteiger partial charge < -0.3 is 15.4 Å². The number of carboxylic acid groups (broad SMARTS) is 1. The van der Waals surface area contributed by atoms with Crippen molar-refractivity contribution in [1.29, 1.82) is 0 Å². The van der Waals surface area contributed by atoms with Crippen LogP contribution in [-0.4, -0.2) is 27.0 Å². The lowest BCUT2D eigenvalue weighted by molar-refractivity contribution is -0.153. The van der Waals surface area contributed by atoms with Gasteiger partial charge in [-0.15, -0.1) is 0 Å². The molecule has 0 saturated heterocycles. The highest BCUT2D eigenvalue weighted by atomic mass is 16.4. The Hall–Kier alpha value is -2.37. The molecule has 2 aromatic rings. The van der Waals surface area contributed by atoms with Crippen LogP contribution in [0.3, 0.4) is 0 Å². The summed E-state index contributed by atoms with van der Waals surface area (Å²) in [5.74, 6) is -1.22. The van der Waals surface area contributed by atoms with Crippen molar-refractivity contribution in [2.75, 3.05) is 0 Å². The average Bonchev–Trinajstić information content (AvgIpc) is 2.85. The molecule has 122 valence electrons. The highest BCUT2D eigenvalue weighted by molar-refractivity contribution is 5.86. The molecule has 3 N–H and O–H groups in total. The predicted molar refractivity (Wildman–Crippen MR) is 85.7 cm³/mol.